The number of nitrogens with two attached hydrogens (primary N) is 1. The van der Waals surface area contributed by atoms with Crippen LogP contribution in [0, 0.1) is 0 Å². The molecule has 1 heterocycles. The Bertz CT molecular complexity index is 594. The van der Waals surface area contributed by atoms with E-state index >= 15 is 0 Å². The topological polar surface area (TPSA) is 32.5 Å². The molecule has 2 aromatic rings. The van der Waals surface area contributed by atoms with E-state index in [1.807, 2.05) is 0 Å². The molecule has 3 nitrogen and oxygen atoms in total. The van der Waals surface area contributed by atoms with Crippen LogP contribution in [-0.2, 0) is 6.54 Å². The molecule has 0 amide bonds. The summed E-state index contributed by atoms with van der Waals surface area (Å²) in [5.74, 6) is 0. The Balaban J connectivity index is 1.81. The van der Waals surface area contributed by atoms with Crippen molar-refractivity contribution in [3.63, 3.8) is 0 Å². The molecule has 0 unspecified atom stereocenters. The van der Waals surface area contributed by atoms with Crippen LogP contribution >= 0.6 is 0 Å². The number of nitrogen functional groups attached to an aromatic ring is 1. The molecular weight excluding hydrogens is 246 g/mol. The molecule has 3 rings (SSSR count). The highest BCUT2D eigenvalue weighted by molar-refractivity contribution is 5.86. The Labute approximate surface area is 121 Å². The van der Waals surface area contributed by atoms with E-state index in [1.165, 1.54) is 29.3 Å². The van der Waals surface area contributed by atoms with Crippen molar-refractivity contribution in [1.82, 2.24) is 9.80 Å². The smallest absolute Gasteiger partial charge is 0.0366 e. The maximum absolute atomic E-state index is 6.23. The third-order valence-corrected chi connectivity index (χ3v) is 4.21. The van der Waals surface area contributed by atoms with Crippen LogP contribution in [0.25, 0.3) is 10.8 Å². The van der Waals surface area contributed by atoms with Gasteiger partial charge in [0.15, 0.2) is 0 Å². The zero-order valence-electron chi connectivity index (χ0n) is 12.2. The Morgan fingerprint density at radius 1 is 1.00 bits per heavy atom. The number of fused-ring (bicyclic) bond motifs is 1. The SMILES string of the molecule is CN1CCCN(Cc2cc3ccccc3cc2N)CC1. The summed E-state index contributed by atoms with van der Waals surface area (Å²) in [6, 6.07) is 12.8. The van der Waals surface area contributed by atoms with Gasteiger partial charge in [0, 0.05) is 25.3 Å². The van der Waals surface area contributed by atoms with Gasteiger partial charge in [-0.15, -0.1) is 0 Å². The molecule has 0 saturated carbocycles. The molecule has 1 aliphatic rings. The zero-order valence-corrected chi connectivity index (χ0v) is 12.2. The lowest BCUT2D eigenvalue weighted by atomic mass is 10.0. The lowest BCUT2D eigenvalue weighted by Gasteiger charge is -2.21. The fourth-order valence-corrected chi connectivity index (χ4v) is 2.94. The van der Waals surface area contributed by atoms with Crippen molar-refractivity contribution in [3.8, 4) is 0 Å². The average Bonchev–Trinajstić information content (AvgIpc) is 2.65. The van der Waals surface area contributed by atoms with Crippen molar-refractivity contribution in [2.45, 2.75) is 13.0 Å². The van der Waals surface area contributed by atoms with Gasteiger partial charge in [-0.1, -0.05) is 24.3 Å². The number of rotatable bonds is 2. The van der Waals surface area contributed by atoms with Crippen LogP contribution in [0.4, 0.5) is 5.69 Å². The maximum atomic E-state index is 6.23. The van der Waals surface area contributed by atoms with Crippen LogP contribution in [-0.4, -0.2) is 43.0 Å². The first-order chi connectivity index (χ1) is 9.72. The lowest BCUT2D eigenvalue weighted by molar-refractivity contribution is 0.270. The highest BCUT2D eigenvalue weighted by Gasteiger charge is 2.13. The first-order valence-electron chi connectivity index (χ1n) is 7.40. The highest BCUT2D eigenvalue weighted by atomic mass is 15.2. The first-order valence-corrected chi connectivity index (χ1v) is 7.40. The second kappa shape index (κ2) is 5.81. The van der Waals surface area contributed by atoms with Crippen LogP contribution in [0.5, 0.6) is 0 Å². The molecule has 0 radical (unpaired) electrons. The van der Waals surface area contributed by atoms with Crippen molar-refractivity contribution in [3.05, 3.63) is 42.0 Å². The summed E-state index contributed by atoms with van der Waals surface area (Å²) >= 11 is 0. The fourth-order valence-electron chi connectivity index (χ4n) is 2.94. The third kappa shape index (κ3) is 2.94. The van der Waals surface area contributed by atoms with Gasteiger partial charge in [0.1, 0.15) is 0 Å². The van der Waals surface area contributed by atoms with Gasteiger partial charge >= 0.3 is 0 Å². The quantitative estimate of drug-likeness (QED) is 0.851. The molecule has 0 atom stereocenters. The lowest BCUT2D eigenvalue weighted by Crippen LogP contribution is -2.28. The number of anilines is 1. The summed E-state index contributed by atoms with van der Waals surface area (Å²) in [4.78, 5) is 4.92. The molecule has 20 heavy (non-hydrogen) atoms. The second-order valence-corrected chi connectivity index (χ2v) is 5.83. The molecule has 1 aliphatic heterocycles. The minimum atomic E-state index is 0.918. The van der Waals surface area contributed by atoms with E-state index in [0.29, 0.717) is 0 Å². The Hall–Kier alpha value is -1.58. The van der Waals surface area contributed by atoms with Crippen molar-refractivity contribution in [2.24, 2.45) is 0 Å². The van der Waals surface area contributed by atoms with Gasteiger partial charge in [0.05, 0.1) is 0 Å². The summed E-state index contributed by atoms with van der Waals surface area (Å²) in [7, 11) is 2.20. The minimum absolute atomic E-state index is 0.918. The average molecular weight is 269 g/mol. The number of nitrogens with zero attached hydrogens (tertiary/aromatic N) is 2. The molecule has 0 aromatic heterocycles. The Morgan fingerprint density at radius 3 is 2.55 bits per heavy atom. The molecular formula is C17H23N3. The summed E-state index contributed by atoms with van der Waals surface area (Å²) in [6.45, 7) is 5.60. The molecule has 3 heteroatoms. The minimum Gasteiger partial charge on any atom is -0.398 e. The van der Waals surface area contributed by atoms with Crippen LogP contribution < -0.4 is 5.73 Å². The summed E-state index contributed by atoms with van der Waals surface area (Å²) < 4.78 is 0. The molecule has 1 saturated heterocycles. The monoisotopic (exact) mass is 269 g/mol. The van der Waals surface area contributed by atoms with Crippen molar-refractivity contribution < 1.29 is 0 Å². The van der Waals surface area contributed by atoms with Crippen molar-refractivity contribution >= 4 is 16.5 Å². The number of likely N-dealkylation sites (N-methyl/N-ethyl adjacent to an activating group) is 1. The molecule has 0 bridgehead atoms. The summed E-state index contributed by atoms with van der Waals surface area (Å²) in [6.07, 6.45) is 1.24. The van der Waals surface area contributed by atoms with Gasteiger partial charge in [-0.25, -0.2) is 0 Å². The molecule has 1 fully saturated rings. The highest BCUT2D eigenvalue weighted by Crippen LogP contribution is 2.23. The van der Waals surface area contributed by atoms with Gasteiger partial charge in [-0.3, -0.25) is 4.90 Å². The van der Waals surface area contributed by atoms with Crippen LogP contribution in [0.2, 0.25) is 0 Å². The molecule has 0 spiro atoms. The first kappa shape index (κ1) is 13.4. The van der Waals surface area contributed by atoms with E-state index in [9.17, 15) is 0 Å². The third-order valence-electron chi connectivity index (χ3n) is 4.21. The largest absolute Gasteiger partial charge is 0.398 e. The number of benzene rings is 2. The fraction of sp³-hybridized carbons (Fsp3) is 0.412. The van der Waals surface area contributed by atoms with Crippen molar-refractivity contribution in [2.75, 3.05) is 39.0 Å². The molecule has 0 aliphatic carbocycles. The van der Waals surface area contributed by atoms with Crippen molar-refractivity contribution in [1.29, 1.82) is 0 Å². The predicted molar refractivity (Wildman–Crippen MR) is 85.8 cm³/mol. The van der Waals surface area contributed by atoms with Gasteiger partial charge in [-0.05, 0) is 55.0 Å². The van der Waals surface area contributed by atoms with Crippen LogP contribution in [0.15, 0.2) is 36.4 Å². The second-order valence-electron chi connectivity index (χ2n) is 5.83. The maximum Gasteiger partial charge on any atom is 0.0366 e. The Kier molecular flexibility index (Phi) is 3.90. The summed E-state index contributed by atoms with van der Waals surface area (Å²) in [5.41, 5.74) is 8.41. The van der Waals surface area contributed by atoms with Gasteiger partial charge in [-0.2, -0.15) is 0 Å². The van der Waals surface area contributed by atoms with Gasteiger partial charge in [0.2, 0.25) is 0 Å². The molecule has 2 aromatic carbocycles. The van der Waals surface area contributed by atoms with E-state index in [0.717, 1.165) is 31.9 Å². The van der Waals surface area contributed by atoms with E-state index < -0.39 is 0 Å². The van der Waals surface area contributed by atoms with Gasteiger partial charge < -0.3 is 10.6 Å². The van der Waals surface area contributed by atoms with Crippen LogP contribution in [0.3, 0.4) is 0 Å². The van der Waals surface area contributed by atoms with E-state index in [1.54, 1.807) is 0 Å². The predicted octanol–water partition coefficient (Wildman–Crippen LogP) is 2.56. The standard InChI is InChI=1S/C17H23N3/c1-19-7-4-8-20(10-9-19)13-16-11-14-5-2-3-6-15(14)12-17(16)18/h2-3,5-6,11-12H,4,7-10,13,18H2,1H3. The van der Waals surface area contributed by atoms with E-state index in [-0.39, 0.29) is 0 Å². The number of hydrogen-bond acceptors (Lipinski definition) is 3. The van der Waals surface area contributed by atoms with Crippen LogP contribution in [0.1, 0.15) is 12.0 Å². The zero-order chi connectivity index (χ0) is 13.9. The van der Waals surface area contributed by atoms with Gasteiger partial charge in [0.25, 0.3) is 0 Å². The summed E-state index contributed by atoms with van der Waals surface area (Å²) in [5, 5.41) is 2.51. The van der Waals surface area contributed by atoms with E-state index in [4.69, 9.17) is 5.73 Å². The number of hydrogen-bond donors (Lipinski definition) is 1. The Morgan fingerprint density at radius 2 is 1.75 bits per heavy atom. The molecule has 2 N–H and O–H groups in total. The normalized spacial score (nSPS) is 18.2. The molecule has 106 valence electrons. The van der Waals surface area contributed by atoms with E-state index in [2.05, 4.69) is 53.2 Å².